The van der Waals surface area contributed by atoms with Gasteiger partial charge in [0.2, 0.25) is 11.8 Å². The number of likely N-dealkylation sites (tertiary alicyclic amines) is 1. The van der Waals surface area contributed by atoms with Crippen molar-refractivity contribution in [2.24, 2.45) is 0 Å². The minimum atomic E-state index is -1.06. The fourth-order valence-electron chi connectivity index (χ4n) is 3.97. The number of carbonyl (C=O) groups is 4. The topological polar surface area (TPSA) is 104 Å². The Bertz CT molecular complexity index is 766. The highest BCUT2D eigenvalue weighted by Gasteiger charge is 2.41. The van der Waals surface area contributed by atoms with Gasteiger partial charge in [-0.25, -0.2) is 9.59 Å². The van der Waals surface area contributed by atoms with Crippen LogP contribution in [0, 0.1) is 0 Å². The molecule has 0 aromatic heterocycles. The van der Waals surface area contributed by atoms with Crippen LogP contribution in [0.3, 0.4) is 0 Å². The fraction of sp³-hybridized carbons (Fsp3) is 0.545. The molecule has 1 fully saturated rings. The van der Waals surface area contributed by atoms with Crippen molar-refractivity contribution in [3.63, 3.8) is 0 Å². The lowest BCUT2D eigenvalue weighted by atomic mass is 10.0. The third-order valence-electron chi connectivity index (χ3n) is 5.40. The average molecular weight is 418 g/mol. The summed E-state index contributed by atoms with van der Waals surface area (Å²) in [5, 5.41) is 9.39. The smallest absolute Gasteiger partial charge is 0.328 e. The highest BCUT2D eigenvalue weighted by Crippen LogP contribution is 2.22. The van der Waals surface area contributed by atoms with E-state index in [-0.39, 0.29) is 6.61 Å². The van der Waals surface area contributed by atoms with Crippen LogP contribution in [0.2, 0.25) is 0 Å². The number of carboxylic acid groups (broad SMARTS) is 1. The summed E-state index contributed by atoms with van der Waals surface area (Å²) in [5.41, 5.74) is 1.000. The summed E-state index contributed by atoms with van der Waals surface area (Å²) in [4.78, 5) is 52.3. The molecule has 8 nitrogen and oxygen atoms in total. The lowest BCUT2D eigenvalue weighted by Gasteiger charge is -2.36. The molecule has 1 N–H and O–H groups in total. The van der Waals surface area contributed by atoms with Gasteiger partial charge in [0.05, 0.1) is 6.61 Å². The minimum absolute atomic E-state index is 0.155. The third kappa shape index (κ3) is 5.58. The summed E-state index contributed by atoms with van der Waals surface area (Å²) in [6.07, 6.45) is 1.78. The van der Waals surface area contributed by atoms with Gasteiger partial charge in [-0.3, -0.25) is 9.59 Å². The van der Waals surface area contributed by atoms with Crippen molar-refractivity contribution in [1.29, 1.82) is 0 Å². The zero-order valence-electron chi connectivity index (χ0n) is 17.7. The second-order valence-corrected chi connectivity index (χ2v) is 7.42. The number of hydrogen-bond donors (Lipinski definition) is 1. The van der Waals surface area contributed by atoms with E-state index >= 15 is 0 Å². The molecule has 0 saturated carbocycles. The van der Waals surface area contributed by atoms with Crippen LogP contribution in [0.1, 0.15) is 45.6 Å². The van der Waals surface area contributed by atoms with Gasteiger partial charge in [-0.15, -0.1) is 0 Å². The van der Waals surface area contributed by atoms with Crippen LogP contribution in [0.25, 0.3) is 0 Å². The van der Waals surface area contributed by atoms with E-state index in [0.29, 0.717) is 32.2 Å². The van der Waals surface area contributed by atoms with Crippen LogP contribution in [0.15, 0.2) is 30.3 Å². The molecule has 3 atom stereocenters. The summed E-state index contributed by atoms with van der Waals surface area (Å²) < 4.78 is 5.19. The number of aryl methyl sites for hydroxylation is 1. The van der Waals surface area contributed by atoms with Gasteiger partial charge < -0.3 is 19.6 Å². The third-order valence-corrected chi connectivity index (χ3v) is 5.40. The van der Waals surface area contributed by atoms with Crippen LogP contribution in [-0.2, 0) is 30.3 Å². The molecule has 2 rings (SSSR count). The van der Waals surface area contributed by atoms with Crippen LogP contribution in [-0.4, -0.2) is 69.9 Å². The maximum atomic E-state index is 13.1. The van der Waals surface area contributed by atoms with E-state index in [1.165, 1.54) is 23.6 Å². The molecule has 0 unspecified atom stereocenters. The van der Waals surface area contributed by atoms with Crippen molar-refractivity contribution in [3.05, 3.63) is 35.9 Å². The van der Waals surface area contributed by atoms with Gasteiger partial charge in [-0.1, -0.05) is 30.3 Å². The molecule has 0 spiro atoms. The van der Waals surface area contributed by atoms with E-state index in [1.54, 1.807) is 6.92 Å². The lowest BCUT2D eigenvalue weighted by Crippen LogP contribution is -2.57. The van der Waals surface area contributed by atoms with Gasteiger partial charge >= 0.3 is 11.9 Å². The van der Waals surface area contributed by atoms with Crippen LogP contribution < -0.4 is 0 Å². The van der Waals surface area contributed by atoms with E-state index < -0.39 is 41.9 Å². The normalized spacial score (nSPS) is 17.8. The molecule has 1 heterocycles. The number of carbonyl (C=O) groups excluding carboxylic acids is 3. The molecule has 0 bridgehead atoms. The van der Waals surface area contributed by atoms with Crippen molar-refractivity contribution in [2.75, 3.05) is 13.2 Å². The Morgan fingerprint density at radius 1 is 1.23 bits per heavy atom. The van der Waals surface area contributed by atoms with Crippen LogP contribution >= 0.6 is 0 Å². The second-order valence-electron chi connectivity index (χ2n) is 7.42. The number of nitrogens with zero attached hydrogens (tertiary/aromatic N) is 2. The predicted octanol–water partition coefficient (Wildman–Crippen LogP) is 1.86. The average Bonchev–Trinajstić information content (AvgIpc) is 3.21. The summed E-state index contributed by atoms with van der Waals surface area (Å²) in [6.45, 7) is 5.00. The van der Waals surface area contributed by atoms with E-state index in [0.717, 1.165) is 5.56 Å². The first kappa shape index (κ1) is 23.4. The molecule has 2 amide bonds. The number of benzene rings is 1. The number of hydrogen-bond acceptors (Lipinski definition) is 5. The maximum Gasteiger partial charge on any atom is 0.328 e. The Balaban J connectivity index is 2.26. The molecule has 1 saturated heterocycles. The zero-order valence-corrected chi connectivity index (χ0v) is 17.7. The zero-order chi connectivity index (χ0) is 22.3. The van der Waals surface area contributed by atoms with E-state index in [9.17, 15) is 24.3 Å². The molecule has 0 radical (unpaired) electrons. The number of amides is 2. The van der Waals surface area contributed by atoms with Crippen molar-refractivity contribution >= 4 is 23.8 Å². The minimum Gasteiger partial charge on any atom is -0.480 e. The van der Waals surface area contributed by atoms with Crippen LogP contribution in [0.4, 0.5) is 0 Å². The number of esters is 1. The van der Waals surface area contributed by atoms with Crippen molar-refractivity contribution < 1.29 is 29.0 Å². The number of ether oxygens (including phenoxy) is 1. The largest absolute Gasteiger partial charge is 0.480 e. The molecule has 30 heavy (non-hydrogen) atoms. The molecule has 1 aromatic rings. The maximum absolute atomic E-state index is 13.1. The Hall–Kier alpha value is -2.90. The summed E-state index contributed by atoms with van der Waals surface area (Å²) >= 11 is 0. The molecule has 164 valence electrons. The molecule has 0 aliphatic carbocycles. The van der Waals surface area contributed by atoms with Gasteiger partial charge in [-0.05, 0) is 45.1 Å². The van der Waals surface area contributed by atoms with Gasteiger partial charge in [-0.2, -0.15) is 0 Å². The molecule has 8 heteroatoms. The van der Waals surface area contributed by atoms with Gasteiger partial charge in [0.15, 0.2) is 0 Å². The molecule has 1 aliphatic heterocycles. The summed E-state index contributed by atoms with van der Waals surface area (Å²) in [6, 6.07) is 6.71. The van der Waals surface area contributed by atoms with Crippen molar-refractivity contribution in [1.82, 2.24) is 9.80 Å². The Labute approximate surface area is 176 Å². The van der Waals surface area contributed by atoms with E-state index in [4.69, 9.17) is 4.74 Å². The SMILES string of the molecule is CCOC(=O)[C@H](CCc1ccccc1)N(C(C)=O)[C@@H](C)C(=O)N1CCC[C@H]1C(=O)O. The fourth-order valence-corrected chi connectivity index (χ4v) is 3.97. The van der Waals surface area contributed by atoms with E-state index in [1.807, 2.05) is 30.3 Å². The second kappa shape index (κ2) is 10.8. The van der Waals surface area contributed by atoms with Gasteiger partial charge in [0.25, 0.3) is 0 Å². The Kier molecular flexibility index (Phi) is 8.38. The standard InChI is InChI=1S/C22H30N2O6/c1-4-30-22(29)19(13-12-17-9-6-5-7-10-17)24(16(3)25)15(2)20(26)23-14-8-11-18(23)21(27)28/h5-7,9-10,15,18-19H,4,8,11-14H2,1-3H3,(H,27,28)/t15-,18-,19-/m0/s1. The van der Waals surface area contributed by atoms with E-state index in [2.05, 4.69) is 0 Å². The first-order chi connectivity index (χ1) is 14.3. The number of aliphatic carboxylic acids is 1. The summed E-state index contributed by atoms with van der Waals surface area (Å²) in [7, 11) is 0. The monoisotopic (exact) mass is 418 g/mol. The highest BCUT2D eigenvalue weighted by atomic mass is 16.5. The molecule has 1 aromatic carbocycles. The van der Waals surface area contributed by atoms with Gasteiger partial charge in [0, 0.05) is 13.5 Å². The molecule has 1 aliphatic rings. The highest BCUT2D eigenvalue weighted by molar-refractivity contribution is 5.92. The number of rotatable bonds is 9. The Morgan fingerprint density at radius 2 is 1.90 bits per heavy atom. The van der Waals surface area contributed by atoms with Crippen molar-refractivity contribution in [2.45, 2.75) is 64.6 Å². The first-order valence-corrected chi connectivity index (χ1v) is 10.3. The predicted molar refractivity (Wildman–Crippen MR) is 110 cm³/mol. The number of carboxylic acids is 1. The lowest BCUT2D eigenvalue weighted by molar-refractivity contribution is -0.161. The first-order valence-electron chi connectivity index (χ1n) is 10.3. The van der Waals surface area contributed by atoms with Gasteiger partial charge in [0.1, 0.15) is 18.1 Å². The Morgan fingerprint density at radius 3 is 2.47 bits per heavy atom. The quantitative estimate of drug-likeness (QED) is 0.614. The van der Waals surface area contributed by atoms with Crippen molar-refractivity contribution in [3.8, 4) is 0 Å². The van der Waals surface area contributed by atoms with Crippen LogP contribution in [0.5, 0.6) is 0 Å². The molecular formula is C22H30N2O6. The molecular weight excluding hydrogens is 388 g/mol. The summed E-state index contributed by atoms with van der Waals surface area (Å²) in [5.74, 6) is -2.54.